The van der Waals surface area contributed by atoms with Gasteiger partial charge in [-0.1, -0.05) is 18.2 Å². The minimum atomic E-state index is 0.675. The first-order chi connectivity index (χ1) is 7.93. The first-order valence-corrected chi connectivity index (χ1v) is 5.37. The van der Waals surface area contributed by atoms with Crippen molar-refractivity contribution in [3.63, 3.8) is 0 Å². The Balaban J connectivity index is 2.18. The second-order valence-electron chi connectivity index (χ2n) is 4.02. The molecule has 2 heterocycles. The van der Waals surface area contributed by atoms with Crippen LogP contribution < -0.4 is 15.3 Å². The van der Waals surface area contributed by atoms with Gasteiger partial charge in [-0.3, -0.25) is 0 Å². The predicted octanol–water partition coefficient (Wildman–Crippen LogP) is 1.79. The summed E-state index contributed by atoms with van der Waals surface area (Å²) in [5.41, 5.74) is 3.38. The summed E-state index contributed by atoms with van der Waals surface area (Å²) in [6.45, 7) is 0.675. The van der Waals surface area contributed by atoms with E-state index in [9.17, 15) is 0 Å². The van der Waals surface area contributed by atoms with Gasteiger partial charge in [0, 0.05) is 10.8 Å². The molecule has 2 aliphatic heterocycles. The molecule has 0 aromatic heterocycles. The lowest BCUT2D eigenvalue weighted by Gasteiger charge is -2.04. The number of rotatable bonds is 0. The van der Waals surface area contributed by atoms with Crippen LogP contribution >= 0.6 is 0 Å². The van der Waals surface area contributed by atoms with Crippen molar-refractivity contribution >= 4 is 11.8 Å². The van der Waals surface area contributed by atoms with Crippen molar-refractivity contribution in [3.8, 4) is 16.9 Å². The average Bonchev–Trinajstić information content (AvgIpc) is 2.91. The van der Waals surface area contributed by atoms with Gasteiger partial charge in [-0.2, -0.15) is 0 Å². The van der Waals surface area contributed by atoms with Crippen LogP contribution in [0.3, 0.4) is 0 Å². The zero-order chi connectivity index (χ0) is 10.5. The zero-order valence-electron chi connectivity index (χ0n) is 8.60. The van der Waals surface area contributed by atoms with Crippen molar-refractivity contribution in [1.29, 1.82) is 0 Å². The molecule has 4 rings (SSSR count). The Morgan fingerprint density at radius 1 is 1.06 bits per heavy atom. The molecular formula is C14H9NO. The summed E-state index contributed by atoms with van der Waals surface area (Å²) in [5, 5.41) is 2.21. The molecule has 0 unspecified atom stereocenters. The van der Waals surface area contributed by atoms with E-state index in [2.05, 4.69) is 29.3 Å². The van der Waals surface area contributed by atoms with Gasteiger partial charge in [0.1, 0.15) is 12.4 Å². The van der Waals surface area contributed by atoms with Crippen molar-refractivity contribution < 1.29 is 4.74 Å². The largest absolute Gasteiger partial charge is 0.488 e. The van der Waals surface area contributed by atoms with E-state index in [4.69, 9.17) is 4.74 Å². The maximum absolute atomic E-state index is 5.68. The smallest absolute Gasteiger partial charge is 0.136 e. The highest BCUT2D eigenvalue weighted by Crippen LogP contribution is 2.36. The number of para-hydroxylation sites is 1. The molecule has 0 aliphatic carbocycles. The van der Waals surface area contributed by atoms with E-state index in [0.717, 1.165) is 22.4 Å². The monoisotopic (exact) mass is 207 g/mol. The van der Waals surface area contributed by atoms with E-state index >= 15 is 0 Å². The van der Waals surface area contributed by atoms with Crippen LogP contribution in [0.1, 0.15) is 0 Å². The van der Waals surface area contributed by atoms with Crippen molar-refractivity contribution in [3.05, 3.63) is 47.0 Å². The van der Waals surface area contributed by atoms with Gasteiger partial charge >= 0.3 is 0 Å². The van der Waals surface area contributed by atoms with Gasteiger partial charge in [-0.25, -0.2) is 4.99 Å². The molecule has 0 saturated heterocycles. The highest BCUT2D eigenvalue weighted by Gasteiger charge is 2.20. The molecule has 0 atom stereocenters. The molecule has 16 heavy (non-hydrogen) atoms. The van der Waals surface area contributed by atoms with Crippen molar-refractivity contribution in [2.45, 2.75) is 0 Å². The van der Waals surface area contributed by atoms with Gasteiger partial charge in [0.15, 0.2) is 0 Å². The van der Waals surface area contributed by atoms with E-state index in [1.165, 1.54) is 10.8 Å². The van der Waals surface area contributed by atoms with Crippen LogP contribution in [-0.4, -0.2) is 6.61 Å². The molecule has 76 valence electrons. The molecule has 0 saturated carbocycles. The molecule has 2 aromatic rings. The number of hydrogen-bond donors (Lipinski definition) is 0. The van der Waals surface area contributed by atoms with Crippen molar-refractivity contribution in [2.75, 3.05) is 6.61 Å². The molecule has 0 amide bonds. The number of fused-ring (bicyclic) bond motifs is 5. The Labute approximate surface area is 92.5 Å². The normalized spacial score (nSPS) is 14.2. The molecule has 2 heteroatoms. The Morgan fingerprint density at radius 2 is 2.00 bits per heavy atom. The molecule has 0 radical (unpaired) electrons. The molecule has 2 nitrogen and oxygen atoms in total. The summed E-state index contributed by atoms with van der Waals surface area (Å²) in [6, 6.07) is 12.4. The van der Waals surface area contributed by atoms with Crippen molar-refractivity contribution in [1.82, 2.24) is 0 Å². The number of benzene rings is 2. The number of hydrogen-bond acceptors (Lipinski definition) is 2. The third kappa shape index (κ3) is 0.890. The lowest BCUT2D eigenvalue weighted by molar-refractivity contribution is 0.387. The van der Waals surface area contributed by atoms with Gasteiger partial charge in [0.2, 0.25) is 0 Å². The fourth-order valence-corrected chi connectivity index (χ4v) is 2.39. The van der Waals surface area contributed by atoms with Gasteiger partial charge in [-0.05, 0) is 24.3 Å². The minimum absolute atomic E-state index is 0.675. The fourth-order valence-electron chi connectivity index (χ4n) is 2.39. The summed E-state index contributed by atoms with van der Waals surface area (Å²) in [6.07, 6.45) is 2.11. The summed E-state index contributed by atoms with van der Waals surface area (Å²) in [5.74, 6) is 0.992. The first-order valence-electron chi connectivity index (χ1n) is 5.37. The van der Waals surface area contributed by atoms with E-state index in [0.29, 0.717) is 6.61 Å². The molecule has 2 aromatic carbocycles. The Bertz CT molecular complexity index is 716. The number of nitrogens with zero attached hydrogens (tertiary/aromatic N) is 1. The third-order valence-electron chi connectivity index (χ3n) is 3.11. The van der Waals surface area contributed by atoms with Crippen LogP contribution in [0, 0.1) is 0 Å². The van der Waals surface area contributed by atoms with Crippen LogP contribution in [0.25, 0.3) is 17.2 Å². The van der Waals surface area contributed by atoms with Gasteiger partial charge < -0.3 is 4.74 Å². The topological polar surface area (TPSA) is 21.6 Å². The van der Waals surface area contributed by atoms with E-state index in [1.54, 1.807) is 0 Å². The second kappa shape index (κ2) is 2.73. The Morgan fingerprint density at radius 3 is 3.00 bits per heavy atom. The molecular weight excluding hydrogens is 198 g/mol. The van der Waals surface area contributed by atoms with Gasteiger partial charge in [0.05, 0.1) is 16.6 Å². The summed E-state index contributed by atoms with van der Waals surface area (Å²) in [7, 11) is 0. The van der Waals surface area contributed by atoms with Crippen LogP contribution in [0.5, 0.6) is 5.75 Å². The molecule has 0 N–H and O–H groups in total. The zero-order valence-corrected chi connectivity index (χ0v) is 8.60. The maximum Gasteiger partial charge on any atom is 0.136 e. The van der Waals surface area contributed by atoms with E-state index in [-0.39, 0.29) is 0 Å². The quantitative estimate of drug-likeness (QED) is 0.550. The van der Waals surface area contributed by atoms with Gasteiger partial charge in [0.25, 0.3) is 0 Å². The van der Waals surface area contributed by atoms with E-state index in [1.807, 2.05) is 18.2 Å². The van der Waals surface area contributed by atoms with Crippen LogP contribution in [0.2, 0.25) is 0 Å². The van der Waals surface area contributed by atoms with Crippen molar-refractivity contribution in [2.24, 2.45) is 4.99 Å². The van der Waals surface area contributed by atoms with Gasteiger partial charge in [-0.15, -0.1) is 0 Å². The predicted molar refractivity (Wildman–Crippen MR) is 62.3 cm³/mol. The summed E-state index contributed by atoms with van der Waals surface area (Å²) < 4.78 is 5.68. The SMILES string of the molecule is C1=c2ccc3c(c2OC1)-c1ccccc1N=3. The standard InChI is InChI=1S/C14H9NO/c1-2-4-11-10(3-1)13-12(15-11)6-5-9-7-8-16-14(9)13/h1-7H,8H2. The second-order valence-corrected chi connectivity index (χ2v) is 4.02. The minimum Gasteiger partial charge on any atom is -0.488 e. The molecule has 2 aliphatic rings. The lowest BCUT2D eigenvalue weighted by atomic mass is 10.0. The van der Waals surface area contributed by atoms with Crippen LogP contribution in [-0.2, 0) is 0 Å². The van der Waals surface area contributed by atoms with E-state index < -0.39 is 0 Å². The Hall–Kier alpha value is -2.09. The highest BCUT2D eigenvalue weighted by molar-refractivity contribution is 5.83. The average molecular weight is 207 g/mol. The fraction of sp³-hybridized carbons (Fsp3) is 0.0714. The maximum atomic E-state index is 5.68. The molecule has 0 bridgehead atoms. The lowest BCUT2D eigenvalue weighted by Crippen LogP contribution is -2.09. The Kier molecular flexibility index (Phi) is 1.38. The third-order valence-corrected chi connectivity index (χ3v) is 3.11. The molecule has 0 spiro atoms. The summed E-state index contributed by atoms with van der Waals surface area (Å²) >= 11 is 0. The van der Waals surface area contributed by atoms with Crippen LogP contribution in [0.15, 0.2) is 41.4 Å². The van der Waals surface area contributed by atoms with Crippen LogP contribution in [0.4, 0.5) is 5.69 Å². The highest BCUT2D eigenvalue weighted by atomic mass is 16.5. The summed E-state index contributed by atoms with van der Waals surface area (Å²) in [4.78, 5) is 4.60. The molecule has 0 fully saturated rings. The number of ether oxygens (including phenoxy) is 1. The first kappa shape index (κ1) is 8.11.